The van der Waals surface area contributed by atoms with Crippen LogP contribution in [-0.2, 0) is 16.1 Å². The van der Waals surface area contributed by atoms with Crippen LogP contribution in [0.25, 0.3) is 0 Å². The Morgan fingerprint density at radius 1 is 1.32 bits per heavy atom. The Labute approximate surface area is 169 Å². The molecular weight excluding hydrogens is 382 g/mol. The largest absolute Gasteiger partial charge is 0.449 e. The Bertz CT molecular complexity index is 892. The number of ether oxygens (including phenoxy) is 1. The van der Waals surface area contributed by atoms with Crippen molar-refractivity contribution in [1.82, 2.24) is 9.78 Å². The zero-order chi connectivity index (χ0) is 20.8. The van der Waals surface area contributed by atoms with Gasteiger partial charge in [0, 0.05) is 17.8 Å². The van der Waals surface area contributed by atoms with Crippen LogP contribution >= 0.6 is 11.6 Å². The van der Waals surface area contributed by atoms with Gasteiger partial charge in [-0.05, 0) is 39.3 Å². The van der Waals surface area contributed by atoms with Crippen molar-refractivity contribution in [3.63, 3.8) is 0 Å². The molecule has 0 saturated heterocycles. The average molecular weight is 406 g/mol. The first-order chi connectivity index (χ1) is 13.2. The smallest absolute Gasteiger partial charge is 0.343 e. The summed E-state index contributed by atoms with van der Waals surface area (Å²) in [5, 5.41) is 7.11. The van der Waals surface area contributed by atoms with Crippen molar-refractivity contribution in [1.29, 1.82) is 0 Å². The summed E-state index contributed by atoms with van der Waals surface area (Å²) < 4.78 is 6.84. The van der Waals surface area contributed by atoms with E-state index in [4.69, 9.17) is 16.3 Å². The van der Waals surface area contributed by atoms with Crippen LogP contribution in [0.1, 0.15) is 60.0 Å². The zero-order valence-electron chi connectivity index (χ0n) is 16.4. The van der Waals surface area contributed by atoms with Crippen LogP contribution in [0.2, 0.25) is 5.15 Å². The van der Waals surface area contributed by atoms with E-state index in [2.05, 4.69) is 10.4 Å². The van der Waals surface area contributed by atoms with Crippen LogP contribution in [-0.4, -0.2) is 33.5 Å². The maximum absolute atomic E-state index is 12.5. The number of benzene rings is 1. The maximum Gasteiger partial charge on any atom is 0.343 e. The molecule has 0 spiro atoms. The predicted molar refractivity (Wildman–Crippen MR) is 107 cm³/mol. The third-order valence-corrected chi connectivity index (χ3v) is 4.57. The fraction of sp³-hybridized carbons (Fsp3) is 0.400. The number of aryl methyl sites for hydroxylation is 2. The minimum absolute atomic E-state index is 0.110. The molecule has 1 atom stereocenters. The lowest BCUT2D eigenvalue weighted by atomic mass is 10.1. The number of carbonyl (C=O) groups is 3. The number of ketones is 1. The van der Waals surface area contributed by atoms with E-state index in [9.17, 15) is 14.4 Å². The summed E-state index contributed by atoms with van der Waals surface area (Å²) in [7, 11) is 0. The lowest BCUT2D eigenvalue weighted by Gasteiger charge is -2.14. The molecule has 7 nitrogen and oxygen atoms in total. The number of nitrogens with zero attached hydrogens (tertiary/aromatic N) is 2. The number of anilines is 1. The first kappa shape index (κ1) is 21.6. The van der Waals surface area contributed by atoms with Gasteiger partial charge >= 0.3 is 5.97 Å². The summed E-state index contributed by atoms with van der Waals surface area (Å²) in [6.45, 7) is 7.23. The Hall–Kier alpha value is -2.67. The minimum Gasteiger partial charge on any atom is -0.449 e. The molecule has 0 radical (unpaired) electrons. The molecule has 150 valence electrons. The van der Waals surface area contributed by atoms with Crippen molar-refractivity contribution >= 4 is 34.9 Å². The number of amides is 1. The molecule has 2 rings (SSSR count). The number of aromatic nitrogens is 2. The molecule has 0 aliphatic carbocycles. The van der Waals surface area contributed by atoms with E-state index in [0.29, 0.717) is 23.5 Å². The Morgan fingerprint density at radius 3 is 2.68 bits per heavy atom. The maximum atomic E-state index is 12.5. The van der Waals surface area contributed by atoms with Crippen molar-refractivity contribution in [3.8, 4) is 0 Å². The van der Waals surface area contributed by atoms with Gasteiger partial charge < -0.3 is 10.1 Å². The monoisotopic (exact) mass is 405 g/mol. The Kier molecular flexibility index (Phi) is 7.34. The van der Waals surface area contributed by atoms with Gasteiger partial charge in [0.25, 0.3) is 5.91 Å². The van der Waals surface area contributed by atoms with Gasteiger partial charge in [0.1, 0.15) is 10.7 Å². The van der Waals surface area contributed by atoms with Crippen molar-refractivity contribution in [3.05, 3.63) is 46.2 Å². The molecule has 0 aliphatic heterocycles. The molecule has 0 fully saturated rings. The topological polar surface area (TPSA) is 90.3 Å². The molecule has 1 heterocycles. The van der Waals surface area contributed by atoms with E-state index >= 15 is 0 Å². The van der Waals surface area contributed by atoms with Crippen LogP contribution in [0.15, 0.2) is 24.3 Å². The zero-order valence-corrected chi connectivity index (χ0v) is 17.2. The fourth-order valence-electron chi connectivity index (χ4n) is 2.57. The van der Waals surface area contributed by atoms with Gasteiger partial charge in [0.05, 0.1) is 5.69 Å². The summed E-state index contributed by atoms with van der Waals surface area (Å²) in [5.74, 6) is -1.33. The second-order valence-electron chi connectivity index (χ2n) is 6.50. The van der Waals surface area contributed by atoms with Crippen LogP contribution in [0.3, 0.4) is 0 Å². The number of esters is 1. The summed E-state index contributed by atoms with van der Waals surface area (Å²) >= 11 is 6.27. The highest BCUT2D eigenvalue weighted by atomic mass is 35.5. The SMILES string of the molecule is CCCCn1nc(C)c(C(=O)O[C@@H](C)C(=O)Nc2cccc(C(C)=O)c2)c1Cl. The molecule has 1 aromatic heterocycles. The van der Waals surface area contributed by atoms with Gasteiger partial charge in [-0.3, -0.25) is 14.3 Å². The van der Waals surface area contributed by atoms with Gasteiger partial charge in [-0.2, -0.15) is 5.10 Å². The molecule has 0 saturated carbocycles. The molecule has 0 unspecified atom stereocenters. The highest BCUT2D eigenvalue weighted by Gasteiger charge is 2.25. The number of Topliss-reactive ketones (excluding diaryl/α,β-unsaturated/α-hetero) is 1. The average Bonchev–Trinajstić information content (AvgIpc) is 2.93. The van der Waals surface area contributed by atoms with Crippen LogP contribution in [0.5, 0.6) is 0 Å². The molecule has 1 N–H and O–H groups in total. The van der Waals surface area contributed by atoms with Crippen molar-refractivity contribution < 1.29 is 19.1 Å². The Balaban J connectivity index is 2.06. The minimum atomic E-state index is -1.05. The third kappa shape index (κ3) is 5.19. The van der Waals surface area contributed by atoms with E-state index in [1.54, 1.807) is 35.9 Å². The molecular formula is C20H24ClN3O4. The molecule has 0 aliphatic rings. The van der Waals surface area contributed by atoms with E-state index < -0.39 is 18.0 Å². The second kappa shape index (κ2) is 9.50. The summed E-state index contributed by atoms with van der Waals surface area (Å²) in [6.07, 6.45) is 0.799. The standard InChI is InChI=1S/C20H24ClN3O4/c1-5-6-10-24-18(21)17(12(2)23-24)20(27)28-14(4)19(26)22-16-9-7-8-15(11-16)13(3)25/h7-9,11,14H,5-6,10H2,1-4H3,(H,22,26)/t14-/m0/s1. The molecule has 1 amide bonds. The van der Waals surface area contributed by atoms with Gasteiger partial charge in [-0.1, -0.05) is 37.1 Å². The first-order valence-electron chi connectivity index (χ1n) is 9.10. The van der Waals surface area contributed by atoms with E-state index in [1.807, 2.05) is 6.92 Å². The number of hydrogen-bond acceptors (Lipinski definition) is 5. The van der Waals surface area contributed by atoms with Crippen molar-refractivity contribution in [2.45, 2.75) is 53.2 Å². The van der Waals surface area contributed by atoms with Gasteiger partial charge in [-0.15, -0.1) is 0 Å². The van der Waals surface area contributed by atoms with Gasteiger partial charge in [-0.25, -0.2) is 4.79 Å². The van der Waals surface area contributed by atoms with Crippen LogP contribution < -0.4 is 5.32 Å². The summed E-state index contributed by atoms with van der Waals surface area (Å²) in [5.41, 5.74) is 1.54. The highest BCUT2D eigenvalue weighted by Crippen LogP contribution is 2.22. The first-order valence-corrected chi connectivity index (χ1v) is 9.48. The summed E-state index contributed by atoms with van der Waals surface area (Å²) in [6, 6.07) is 6.53. The van der Waals surface area contributed by atoms with Crippen LogP contribution in [0, 0.1) is 6.92 Å². The second-order valence-corrected chi connectivity index (χ2v) is 6.86. The third-order valence-electron chi connectivity index (χ3n) is 4.18. The molecule has 2 aromatic rings. The molecule has 1 aromatic carbocycles. The molecule has 28 heavy (non-hydrogen) atoms. The van der Waals surface area contributed by atoms with Crippen molar-refractivity contribution in [2.75, 3.05) is 5.32 Å². The summed E-state index contributed by atoms with van der Waals surface area (Å²) in [4.78, 5) is 36.3. The van der Waals surface area contributed by atoms with Gasteiger partial charge in [0.2, 0.25) is 0 Å². The number of rotatable bonds is 8. The van der Waals surface area contributed by atoms with E-state index in [1.165, 1.54) is 13.8 Å². The lowest BCUT2D eigenvalue weighted by molar-refractivity contribution is -0.123. The lowest BCUT2D eigenvalue weighted by Crippen LogP contribution is -2.30. The number of hydrogen-bond donors (Lipinski definition) is 1. The predicted octanol–water partition coefficient (Wildman–Crippen LogP) is 4.03. The van der Waals surface area contributed by atoms with E-state index in [-0.39, 0.29) is 16.5 Å². The fourth-order valence-corrected chi connectivity index (χ4v) is 2.91. The van der Waals surface area contributed by atoms with E-state index in [0.717, 1.165) is 12.8 Å². The quantitative estimate of drug-likeness (QED) is 0.528. The van der Waals surface area contributed by atoms with Crippen molar-refractivity contribution in [2.24, 2.45) is 0 Å². The number of unbranched alkanes of at least 4 members (excludes halogenated alkanes) is 1. The Morgan fingerprint density at radius 2 is 2.04 bits per heavy atom. The molecule has 0 bridgehead atoms. The number of nitrogens with one attached hydrogen (secondary N) is 1. The highest BCUT2D eigenvalue weighted by molar-refractivity contribution is 6.32. The molecule has 8 heteroatoms. The van der Waals surface area contributed by atoms with Gasteiger partial charge in [0.15, 0.2) is 11.9 Å². The number of halogens is 1. The van der Waals surface area contributed by atoms with Crippen LogP contribution in [0.4, 0.5) is 5.69 Å². The number of carbonyl (C=O) groups excluding carboxylic acids is 3. The normalized spacial score (nSPS) is 11.8.